The van der Waals surface area contributed by atoms with Gasteiger partial charge in [-0.25, -0.2) is 4.79 Å². The molecule has 2 amide bonds. The Bertz CT molecular complexity index is 35.9. The van der Waals surface area contributed by atoms with Gasteiger partial charge in [-0.15, -0.1) is 0 Å². The van der Waals surface area contributed by atoms with Crippen LogP contribution in [0.25, 0.3) is 0 Å². The Labute approximate surface area is 52.8 Å². The first-order chi connectivity index (χ1) is 1.73. The molecule has 0 saturated carbocycles. The van der Waals surface area contributed by atoms with E-state index < -0.39 is 6.03 Å². The van der Waals surface area contributed by atoms with Crippen LogP contribution in [0.1, 0.15) is 0 Å². The van der Waals surface area contributed by atoms with E-state index in [1.807, 2.05) is 0 Å². The van der Waals surface area contributed by atoms with Gasteiger partial charge in [0, 0.05) is 0 Å². The quantitative estimate of drug-likeness (QED) is 0.296. The second kappa shape index (κ2) is 17.1. The zero-order valence-electron chi connectivity index (χ0n) is 4.01. The predicted molar refractivity (Wildman–Crippen MR) is 19.3 cm³/mol. The Morgan fingerprint density at radius 2 is 1.29 bits per heavy atom. The molecule has 40 valence electrons. The van der Waals surface area contributed by atoms with Crippen molar-refractivity contribution >= 4 is 6.03 Å². The predicted octanol–water partition coefficient (Wildman–Crippen LogP) is -4.97. The summed E-state index contributed by atoms with van der Waals surface area (Å²) >= 11 is 0. The zero-order valence-corrected chi connectivity index (χ0v) is 4.01. The zero-order chi connectivity index (χ0) is 3.58. The third-order valence-electron chi connectivity index (χ3n) is 0. The first-order valence-corrected chi connectivity index (χ1v) is 0.781. The van der Waals surface area contributed by atoms with Gasteiger partial charge in [0.2, 0.25) is 0 Å². The van der Waals surface area contributed by atoms with Crippen LogP contribution in [0, 0.1) is 0 Å². The van der Waals surface area contributed by atoms with Gasteiger partial charge in [-0.05, 0) is 0 Å². The molecule has 0 atom stereocenters. The molecule has 0 saturated heterocycles. The Kier molecular flexibility index (Phi) is 71.4. The maximum absolute atomic E-state index is 9.00. The van der Waals surface area contributed by atoms with Crippen LogP contribution in [0.15, 0.2) is 0 Å². The molecule has 0 aliphatic heterocycles. The molecule has 0 rings (SSSR count). The second-order valence-electron chi connectivity index (χ2n) is 0.402. The van der Waals surface area contributed by atoms with Crippen molar-refractivity contribution in [3.8, 4) is 0 Å². The van der Waals surface area contributed by atoms with Crippen molar-refractivity contribution in [3.63, 3.8) is 0 Å². The number of hydrogen-bond acceptors (Lipinski definition) is 2. The van der Waals surface area contributed by atoms with Gasteiger partial charge in [-0.3, -0.25) is 0 Å². The van der Waals surface area contributed by atoms with E-state index in [-0.39, 0.29) is 29.8 Å². The average molecular weight is 102 g/mol. The number of urea groups is 1. The third kappa shape index (κ3) is 1840. The number of nitrogens with two attached hydrogens (primary N) is 2. The topological polar surface area (TPSA) is 131 Å². The van der Waals surface area contributed by atoms with Gasteiger partial charge < -0.3 is 22.4 Å². The van der Waals surface area contributed by atoms with E-state index in [0.717, 1.165) is 0 Å². The Balaban J connectivity index is -0.0000000150. The van der Waals surface area contributed by atoms with Gasteiger partial charge in [-0.1, -0.05) is 0 Å². The van der Waals surface area contributed by atoms with Crippen LogP contribution in [0.5, 0.6) is 0 Å². The molecule has 6 heteroatoms. The standard InChI is InChI=1S/CH4N2O.Li.2H2O/c2-1(3)4;;;/h(H4,2,3,4);;2*1H2/q;+1;;/p-1. The minimum Gasteiger partial charge on any atom is -0.870 e. The number of primary amides is 2. The molecule has 0 fully saturated rings. The third-order valence-corrected chi connectivity index (χ3v) is 0. The molecule has 0 heterocycles. The van der Waals surface area contributed by atoms with Crippen LogP contribution in [-0.4, -0.2) is 17.0 Å². The molecule has 0 aromatic rings. The summed E-state index contributed by atoms with van der Waals surface area (Å²) in [5.41, 5.74) is 8.50. The fourth-order valence-electron chi connectivity index (χ4n) is 0. The first-order valence-electron chi connectivity index (χ1n) is 0.781. The van der Waals surface area contributed by atoms with Crippen LogP contribution in [0.2, 0.25) is 0 Å². The monoisotopic (exact) mass is 102 g/mol. The van der Waals surface area contributed by atoms with Crippen LogP contribution < -0.4 is 30.3 Å². The minimum absolute atomic E-state index is 0. The summed E-state index contributed by atoms with van der Waals surface area (Å²) in [4.78, 5) is 9.00. The number of amides is 2. The van der Waals surface area contributed by atoms with Crippen molar-refractivity contribution < 1.29 is 34.6 Å². The largest absolute Gasteiger partial charge is 1.00 e. The minimum atomic E-state index is -0.833. The van der Waals surface area contributed by atoms with Crippen LogP contribution in [0.3, 0.4) is 0 Å². The molecular weight excluding hydrogens is 95.0 g/mol. The van der Waals surface area contributed by atoms with Crippen molar-refractivity contribution in [1.29, 1.82) is 0 Å². The van der Waals surface area contributed by atoms with Crippen molar-refractivity contribution in [2.24, 2.45) is 11.5 Å². The maximum Gasteiger partial charge on any atom is 1.00 e. The summed E-state index contributed by atoms with van der Waals surface area (Å²) < 4.78 is 0. The summed E-state index contributed by atoms with van der Waals surface area (Å²) in [5, 5.41) is 0. The summed E-state index contributed by atoms with van der Waals surface area (Å²) in [6.07, 6.45) is 0. The van der Waals surface area contributed by atoms with E-state index in [2.05, 4.69) is 11.5 Å². The fourth-order valence-corrected chi connectivity index (χ4v) is 0. The van der Waals surface area contributed by atoms with Crippen LogP contribution in [0.4, 0.5) is 4.79 Å². The van der Waals surface area contributed by atoms with Gasteiger partial charge in [0.25, 0.3) is 0 Å². The second-order valence-corrected chi connectivity index (χ2v) is 0.402. The molecule has 7 heavy (non-hydrogen) atoms. The molecule has 0 unspecified atom stereocenters. The number of hydrogen-bond donors (Lipinski definition) is 2. The summed E-state index contributed by atoms with van der Waals surface area (Å²) in [7, 11) is 0. The molecule has 0 aliphatic carbocycles. The van der Waals surface area contributed by atoms with Gasteiger partial charge in [0.1, 0.15) is 0 Å². The van der Waals surface area contributed by atoms with Crippen molar-refractivity contribution in [2.75, 3.05) is 0 Å². The van der Waals surface area contributed by atoms with E-state index in [1.54, 1.807) is 0 Å². The van der Waals surface area contributed by atoms with Crippen LogP contribution >= 0.6 is 0 Å². The SMILES string of the molecule is NC(N)=O.O.[Li+].[OH-]. The van der Waals surface area contributed by atoms with Gasteiger partial charge in [-0.2, -0.15) is 0 Å². The first kappa shape index (κ1) is 29.3. The smallest absolute Gasteiger partial charge is 0.870 e. The van der Waals surface area contributed by atoms with E-state index in [0.29, 0.717) is 0 Å². The van der Waals surface area contributed by atoms with Crippen molar-refractivity contribution in [2.45, 2.75) is 0 Å². The molecule has 0 radical (unpaired) electrons. The van der Waals surface area contributed by atoms with Crippen molar-refractivity contribution in [1.82, 2.24) is 0 Å². The molecule has 0 spiro atoms. The number of carbonyl (C=O) groups is 1. The van der Waals surface area contributed by atoms with E-state index in [9.17, 15) is 0 Å². The number of carbonyl (C=O) groups excluding carboxylic acids is 1. The molecular formula is CH7LiN2O3. The van der Waals surface area contributed by atoms with Crippen LogP contribution in [-0.2, 0) is 0 Å². The Hall–Kier alpha value is -0.213. The molecule has 0 bridgehead atoms. The molecule has 0 aromatic carbocycles. The summed E-state index contributed by atoms with van der Waals surface area (Å²) in [5.74, 6) is 0. The van der Waals surface area contributed by atoms with E-state index in [4.69, 9.17) is 4.79 Å². The summed E-state index contributed by atoms with van der Waals surface area (Å²) in [6.45, 7) is 0. The van der Waals surface area contributed by atoms with Gasteiger partial charge in [0.15, 0.2) is 0 Å². The normalized spacial score (nSPS) is 3.43. The van der Waals surface area contributed by atoms with Gasteiger partial charge in [0.05, 0.1) is 0 Å². The van der Waals surface area contributed by atoms with Gasteiger partial charge >= 0.3 is 24.9 Å². The Morgan fingerprint density at radius 3 is 1.29 bits per heavy atom. The Morgan fingerprint density at radius 1 is 1.29 bits per heavy atom. The molecule has 0 aliphatic rings. The average Bonchev–Trinajstić information content (AvgIpc) is 0.811. The van der Waals surface area contributed by atoms with E-state index >= 15 is 0 Å². The fraction of sp³-hybridized carbons (Fsp3) is 0. The van der Waals surface area contributed by atoms with Crippen molar-refractivity contribution in [3.05, 3.63) is 0 Å². The molecule has 7 N–H and O–H groups in total. The molecule has 0 aromatic heterocycles. The maximum atomic E-state index is 9.00. The molecule has 5 nitrogen and oxygen atoms in total. The summed E-state index contributed by atoms with van der Waals surface area (Å²) in [6, 6.07) is -0.833. The van der Waals surface area contributed by atoms with E-state index in [1.165, 1.54) is 0 Å². The number of rotatable bonds is 0.